The predicted molar refractivity (Wildman–Crippen MR) is 94.6 cm³/mol. The van der Waals surface area contributed by atoms with Crippen LogP contribution in [0.25, 0.3) is 0 Å². The molecule has 4 heteroatoms. The highest BCUT2D eigenvalue weighted by Gasteiger charge is 2.36. The molecule has 0 bridgehead atoms. The molecule has 2 aromatic rings. The Bertz CT molecular complexity index is 716. The van der Waals surface area contributed by atoms with Crippen molar-refractivity contribution in [2.45, 2.75) is 31.4 Å². The number of rotatable bonds is 6. The van der Waals surface area contributed by atoms with Crippen LogP contribution >= 0.6 is 0 Å². The van der Waals surface area contributed by atoms with E-state index >= 15 is 0 Å². The molecule has 2 N–H and O–H groups in total. The van der Waals surface area contributed by atoms with Gasteiger partial charge >= 0.3 is 0 Å². The third kappa shape index (κ3) is 3.12. The van der Waals surface area contributed by atoms with Gasteiger partial charge in [0.1, 0.15) is 17.1 Å². The lowest BCUT2D eigenvalue weighted by molar-refractivity contribution is 0.0362. The van der Waals surface area contributed by atoms with Crippen LogP contribution in [-0.4, -0.2) is 25.9 Å². The molecule has 1 aliphatic carbocycles. The van der Waals surface area contributed by atoms with E-state index in [2.05, 4.69) is 18.3 Å². The van der Waals surface area contributed by atoms with Crippen LogP contribution in [0.4, 0.5) is 0 Å². The molecule has 0 saturated heterocycles. The summed E-state index contributed by atoms with van der Waals surface area (Å²) < 4.78 is 10.7. The minimum atomic E-state index is -0.801. The summed E-state index contributed by atoms with van der Waals surface area (Å²) in [6, 6.07) is 14.0. The second-order valence-electron chi connectivity index (χ2n) is 6.40. The predicted octanol–water partition coefficient (Wildman–Crippen LogP) is 3.19. The fourth-order valence-corrected chi connectivity index (χ4v) is 3.46. The molecule has 2 unspecified atom stereocenters. The second-order valence-corrected chi connectivity index (χ2v) is 6.40. The van der Waals surface area contributed by atoms with Gasteiger partial charge in [-0.2, -0.15) is 0 Å². The zero-order valence-corrected chi connectivity index (χ0v) is 14.5. The quantitative estimate of drug-likeness (QED) is 0.855. The van der Waals surface area contributed by atoms with Gasteiger partial charge in [0.25, 0.3) is 0 Å². The van der Waals surface area contributed by atoms with Crippen molar-refractivity contribution in [3.8, 4) is 11.5 Å². The van der Waals surface area contributed by atoms with Crippen molar-refractivity contribution in [1.29, 1.82) is 0 Å². The van der Waals surface area contributed by atoms with Gasteiger partial charge in [0.15, 0.2) is 0 Å². The monoisotopic (exact) mass is 327 g/mol. The molecule has 0 aliphatic heterocycles. The Morgan fingerprint density at radius 3 is 2.71 bits per heavy atom. The molecule has 0 saturated carbocycles. The minimum Gasteiger partial charge on any atom is -0.497 e. The van der Waals surface area contributed by atoms with Crippen molar-refractivity contribution < 1.29 is 14.6 Å². The SMILES string of the molecule is COc1ccc(C(C)NCC2(O)CCc3ccccc32)c(OC)c1. The molecule has 128 valence electrons. The maximum Gasteiger partial charge on any atom is 0.127 e. The summed E-state index contributed by atoms with van der Waals surface area (Å²) in [5.74, 6) is 1.55. The molecule has 0 radical (unpaired) electrons. The maximum atomic E-state index is 11.0. The van der Waals surface area contributed by atoms with Crippen LogP contribution < -0.4 is 14.8 Å². The number of aliphatic hydroxyl groups is 1. The molecule has 1 aliphatic rings. The number of nitrogens with one attached hydrogen (secondary N) is 1. The highest BCUT2D eigenvalue weighted by atomic mass is 16.5. The Morgan fingerprint density at radius 1 is 1.17 bits per heavy atom. The molecule has 0 heterocycles. The zero-order chi connectivity index (χ0) is 17.2. The van der Waals surface area contributed by atoms with Crippen molar-refractivity contribution in [1.82, 2.24) is 5.32 Å². The lowest BCUT2D eigenvalue weighted by atomic mass is 9.95. The fourth-order valence-electron chi connectivity index (χ4n) is 3.46. The van der Waals surface area contributed by atoms with Gasteiger partial charge in [-0.05, 0) is 37.0 Å². The molecule has 24 heavy (non-hydrogen) atoms. The van der Waals surface area contributed by atoms with Gasteiger partial charge in [0.05, 0.1) is 14.2 Å². The number of methoxy groups -OCH3 is 2. The van der Waals surface area contributed by atoms with Crippen LogP contribution in [-0.2, 0) is 12.0 Å². The van der Waals surface area contributed by atoms with Crippen LogP contribution in [0.15, 0.2) is 42.5 Å². The van der Waals surface area contributed by atoms with Crippen molar-refractivity contribution in [2.75, 3.05) is 20.8 Å². The summed E-state index contributed by atoms with van der Waals surface area (Å²) in [4.78, 5) is 0. The van der Waals surface area contributed by atoms with Crippen molar-refractivity contribution in [3.63, 3.8) is 0 Å². The third-order valence-corrected chi connectivity index (χ3v) is 4.93. The number of benzene rings is 2. The molecule has 3 rings (SSSR count). The largest absolute Gasteiger partial charge is 0.497 e. The molecule has 2 aromatic carbocycles. The first-order valence-electron chi connectivity index (χ1n) is 8.33. The second kappa shape index (κ2) is 6.83. The number of ether oxygens (including phenoxy) is 2. The van der Waals surface area contributed by atoms with E-state index < -0.39 is 5.60 Å². The molecular formula is C20H25NO3. The zero-order valence-electron chi connectivity index (χ0n) is 14.5. The van der Waals surface area contributed by atoms with Gasteiger partial charge in [-0.25, -0.2) is 0 Å². The van der Waals surface area contributed by atoms with E-state index in [9.17, 15) is 5.11 Å². The summed E-state index contributed by atoms with van der Waals surface area (Å²) >= 11 is 0. The summed E-state index contributed by atoms with van der Waals surface area (Å²) in [6.45, 7) is 2.59. The lowest BCUT2D eigenvalue weighted by Gasteiger charge is -2.27. The van der Waals surface area contributed by atoms with Gasteiger partial charge in [-0.1, -0.05) is 30.3 Å². The number of aryl methyl sites for hydroxylation is 1. The molecule has 4 nitrogen and oxygen atoms in total. The smallest absolute Gasteiger partial charge is 0.127 e. The van der Waals surface area contributed by atoms with Crippen molar-refractivity contribution >= 4 is 0 Å². The summed E-state index contributed by atoms with van der Waals surface area (Å²) in [5, 5.41) is 14.5. The Hall–Kier alpha value is -2.04. The molecule has 0 aromatic heterocycles. The third-order valence-electron chi connectivity index (χ3n) is 4.93. The number of fused-ring (bicyclic) bond motifs is 1. The summed E-state index contributed by atoms with van der Waals surface area (Å²) in [7, 11) is 3.30. The van der Waals surface area contributed by atoms with E-state index in [0.717, 1.165) is 35.5 Å². The highest BCUT2D eigenvalue weighted by molar-refractivity contribution is 5.42. The van der Waals surface area contributed by atoms with Gasteiger partial charge in [0, 0.05) is 24.2 Å². The van der Waals surface area contributed by atoms with Gasteiger partial charge in [-0.15, -0.1) is 0 Å². The lowest BCUT2D eigenvalue weighted by Crippen LogP contribution is -2.37. The Kier molecular flexibility index (Phi) is 4.78. The van der Waals surface area contributed by atoms with Crippen LogP contribution in [0.3, 0.4) is 0 Å². The van der Waals surface area contributed by atoms with E-state index in [0.29, 0.717) is 6.54 Å². The maximum absolute atomic E-state index is 11.0. The average Bonchev–Trinajstić information content (AvgIpc) is 2.97. The first kappa shape index (κ1) is 16.8. The topological polar surface area (TPSA) is 50.7 Å². The number of hydrogen-bond acceptors (Lipinski definition) is 4. The van der Waals surface area contributed by atoms with Gasteiger partial charge < -0.3 is 19.9 Å². The van der Waals surface area contributed by atoms with Crippen LogP contribution in [0.1, 0.15) is 36.1 Å². The molecule has 2 atom stereocenters. The molecule has 0 spiro atoms. The van der Waals surface area contributed by atoms with E-state index in [-0.39, 0.29) is 6.04 Å². The average molecular weight is 327 g/mol. The van der Waals surface area contributed by atoms with Crippen LogP contribution in [0.2, 0.25) is 0 Å². The molecule has 0 fully saturated rings. The molecule has 0 amide bonds. The van der Waals surface area contributed by atoms with Gasteiger partial charge in [0.2, 0.25) is 0 Å². The van der Waals surface area contributed by atoms with E-state index in [4.69, 9.17) is 9.47 Å². The van der Waals surface area contributed by atoms with Crippen molar-refractivity contribution in [3.05, 3.63) is 59.2 Å². The van der Waals surface area contributed by atoms with Crippen LogP contribution in [0, 0.1) is 0 Å². The number of hydrogen-bond donors (Lipinski definition) is 2. The molecular weight excluding hydrogens is 302 g/mol. The first-order valence-corrected chi connectivity index (χ1v) is 8.33. The Balaban J connectivity index is 1.73. The standard InChI is InChI=1S/C20H25NO3/c1-14(17-9-8-16(23-2)12-19(17)24-3)21-13-20(22)11-10-15-6-4-5-7-18(15)20/h4-9,12,14,21-22H,10-11,13H2,1-3H3. The van der Waals surface area contributed by atoms with E-state index in [1.807, 2.05) is 36.4 Å². The minimum absolute atomic E-state index is 0.0580. The Morgan fingerprint density at radius 2 is 1.96 bits per heavy atom. The van der Waals surface area contributed by atoms with E-state index in [1.54, 1.807) is 14.2 Å². The van der Waals surface area contributed by atoms with Crippen molar-refractivity contribution in [2.24, 2.45) is 0 Å². The van der Waals surface area contributed by atoms with E-state index in [1.165, 1.54) is 5.56 Å². The summed E-state index contributed by atoms with van der Waals surface area (Å²) in [5.41, 5.74) is 2.54. The highest BCUT2D eigenvalue weighted by Crippen LogP contribution is 2.37. The van der Waals surface area contributed by atoms with Gasteiger partial charge in [-0.3, -0.25) is 0 Å². The normalized spacial score (nSPS) is 20.5. The fraction of sp³-hybridized carbons (Fsp3) is 0.400. The first-order chi connectivity index (χ1) is 11.6. The Labute approximate surface area is 143 Å². The van der Waals surface area contributed by atoms with Crippen LogP contribution in [0.5, 0.6) is 11.5 Å². The summed E-state index contributed by atoms with van der Waals surface area (Å²) in [6.07, 6.45) is 1.68.